The third-order valence-corrected chi connectivity index (χ3v) is 2.80. The zero-order chi connectivity index (χ0) is 11.7. The molecule has 6 nitrogen and oxygen atoms in total. The van der Waals surface area contributed by atoms with Gasteiger partial charge in [-0.15, -0.1) is 0 Å². The number of nitrogens with zero attached hydrogens (tertiary/aromatic N) is 3. The van der Waals surface area contributed by atoms with Crippen LogP contribution in [0.2, 0.25) is 0 Å². The summed E-state index contributed by atoms with van der Waals surface area (Å²) < 4.78 is 0.762. The minimum atomic E-state index is -0.466. The molecule has 1 aromatic rings. The first kappa shape index (κ1) is 10.7. The third-order valence-electron chi connectivity index (χ3n) is 2.80. The van der Waals surface area contributed by atoms with Gasteiger partial charge in [-0.1, -0.05) is 0 Å². The number of hydrogen-bond acceptors (Lipinski definition) is 4. The highest BCUT2D eigenvalue weighted by Gasteiger charge is 2.25. The van der Waals surface area contributed by atoms with Crippen LogP contribution in [-0.4, -0.2) is 18.0 Å². The molecule has 0 bridgehead atoms. The average Bonchev–Trinajstić information content (AvgIpc) is 2.74. The van der Waals surface area contributed by atoms with E-state index in [0.29, 0.717) is 11.5 Å². The van der Waals surface area contributed by atoms with Crippen LogP contribution in [0.15, 0.2) is 12.1 Å². The molecule has 2 rings (SSSR count). The van der Waals surface area contributed by atoms with E-state index in [9.17, 15) is 15.3 Å². The molecule has 1 fully saturated rings. The molecule has 1 saturated heterocycles. The molecule has 6 heteroatoms. The van der Waals surface area contributed by atoms with Crippen LogP contribution in [0, 0.1) is 22.2 Å². The van der Waals surface area contributed by atoms with E-state index < -0.39 is 4.92 Å². The van der Waals surface area contributed by atoms with Gasteiger partial charge in [-0.05, 0) is 19.8 Å². The molecule has 0 atom stereocenters. The van der Waals surface area contributed by atoms with Crippen molar-refractivity contribution >= 4 is 11.5 Å². The first-order chi connectivity index (χ1) is 7.59. The maximum atomic E-state index is 11.8. The average molecular weight is 223 g/mol. The van der Waals surface area contributed by atoms with Gasteiger partial charge in [0.25, 0.3) is 11.5 Å². The molecule has 1 aliphatic heterocycles. The van der Waals surface area contributed by atoms with Crippen molar-refractivity contribution in [2.75, 3.05) is 18.0 Å². The van der Waals surface area contributed by atoms with Crippen LogP contribution in [0.25, 0.3) is 0 Å². The third kappa shape index (κ3) is 1.78. The molecule has 86 valence electrons. The fraction of sp³-hybridized carbons (Fsp3) is 0.500. The first-order valence-corrected chi connectivity index (χ1v) is 5.23. The van der Waals surface area contributed by atoms with E-state index >= 15 is 0 Å². The van der Waals surface area contributed by atoms with Gasteiger partial charge in [-0.25, -0.2) is 4.73 Å². The highest BCUT2D eigenvalue weighted by molar-refractivity contribution is 5.44. The summed E-state index contributed by atoms with van der Waals surface area (Å²) in [5, 5.41) is 22.5. The van der Waals surface area contributed by atoms with Crippen LogP contribution in [0.1, 0.15) is 18.5 Å². The Kier molecular flexibility index (Phi) is 2.64. The van der Waals surface area contributed by atoms with E-state index in [0.717, 1.165) is 30.7 Å². The minimum Gasteiger partial charge on any atom is -0.710 e. The molecule has 1 aliphatic rings. The summed E-state index contributed by atoms with van der Waals surface area (Å²) >= 11 is 0. The van der Waals surface area contributed by atoms with Crippen molar-refractivity contribution in [3.05, 3.63) is 33.1 Å². The summed E-state index contributed by atoms with van der Waals surface area (Å²) in [5.41, 5.74) is 0.336. The highest BCUT2D eigenvalue weighted by atomic mass is 16.6. The van der Waals surface area contributed by atoms with Crippen LogP contribution < -0.4 is 9.63 Å². The Labute approximate surface area is 92.8 Å². The number of aromatic nitrogens is 1. The zero-order valence-electron chi connectivity index (χ0n) is 9.05. The van der Waals surface area contributed by atoms with Crippen LogP contribution in [0.5, 0.6) is 0 Å². The normalized spacial score (nSPS) is 15.4. The van der Waals surface area contributed by atoms with Crippen molar-refractivity contribution in [2.24, 2.45) is 0 Å². The Morgan fingerprint density at radius 2 is 2.00 bits per heavy atom. The Bertz CT molecular complexity index is 428. The predicted molar refractivity (Wildman–Crippen MR) is 58.2 cm³/mol. The minimum absolute atomic E-state index is 0.0218. The maximum absolute atomic E-state index is 11.8. The molecule has 0 unspecified atom stereocenters. The van der Waals surface area contributed by atoms with Gasteiger partial charge in [0.2, 0.25) is 0 Å². The van der Waals surface area contributed by atoms with Crippen LogP contribution >= 0.6 is 0 Å². The van der Waals surface area contributed by atoms with Crippen LogP contribution in [0.3, 0.4) is 0 Å². The molecule has 0 amide bonds. The van der Waals surface area contributed by atoms with E-state index in [1.807, 2.05) is 4.90 Å². The van der Waals surface area contributed by atoms with Gasteiger partial charge in [0, 0.05) is 0 Å². The number of anilines is 1. The Morgan fingerprint density at radius 3 is 2.56 bits per heavy atom. The second kappa shape index (κ2) is 3.96. The lowest BCUT2D eigenvalue weighted by atomic mass is 10.3. The molecular weight excluding hydrogens is 210 g/mol. The van der Waals surface area contributed by atoms with Gasteiger partial charge in [-0.3, -0.25) is 15.0 Å². The molecule has 0 aromatic carbocycles. The second-order valence-corrected chi connectivity index (χ2v) is 3.96. The van der Waals surface area contributed by atoms with Gasteiger partial charge in [-0.2, -0.15) is 0 Å². The highest BCUT2D eigenvalue weighted by Crippen LogP contribution is 2.21. The van der Waals surface area contributed by atoms with Crippen molar-refractivity contribution in [1.29, 1.82) is 0 Å². The van der Waals surface area contributed by atoms with Crippen molar-refractivity contribution in [1.82, 2.24) is 0 Å². The SMILES string of the molecule is Cc1cc([N+](=O)[O-])cc(N2CCCC2)[n+]1[O-]. The van der Waals surface area contributed by atoms with E-state index in [2.05, 4.69) is 0 Å². The van der Waals surface area contributed by atoms with Crippen molar-refractivity contribution < 1.29 is 9.65 Å². The molecule has 0 aliphatic carbocycles. The smallest absolute Gasteiger partial charge is 0.286 e. The molecule has 0 radical (unpaired) electrons. The topological polar surface area (TPSA) is 73.3 Å². The van der Waals surface area contributed by atoms with E-state index in [4.69, 9.17) is 0 Å². The van der Waals surface area contributed by atoms with E-state index in [1.165, 1.54) is 12.1 Å². The van der Waals surface area contributed by atoms with Gasteiger partial charge >= 0.3 is 0 Å². The first-order valence-electron chi connectivity index (χ1n) is 5.23. The summed E-state index contributed by atoms with van der Waals surface area (Å²) in [7, 11) is 0. The van der Waals surface area contributed by atoms with Gasteiger partial charge in [0.15, 0.2) is 0 Å². The molecule has 1 aromatic heterocycles. The largest absolute Gasteiger partial charge is 0.710 e. The molecule has 0 spiro atoms. The fourth-order valence-electron chi connectivity index (χ4n) is 1.96. The summed E-state index contributed by atoms with van der Waals surface area (Å²) in [4.78, 5) is 12.1. The summed E-state index contributed by atoms with van der Waals surface area (Å²) in [6.07, 6.45) is 2.06. The number of hydrogen-bond donors (Lipinski definition) is 0. The van der Waals surface area contributed by atoms with Crippen molar-refractivity contribution in [2.45, 2.75) is 19.8 Å². The number of aryl methyl sites for hydroxylation is 1. The molecule has 16 heavy (non-hydrogen) atoms. The standard InChI is InChI=1S/C10H13N3O3/c1-8-6-9(13(15)16)7-10(12(8)14)11-4-2-3-5-11/h6-7H,2-5H2,1H3. The van der Waals surface area contributed by atoms with E-state index in [1.54, 1.807) is 6.92 Å². The Hall–Kier alpha value is -1.85. The number of pyridine rings is 1. The van der Waals surface area contributed by atoms with Crippen LogP contribution in [0.4, 0.5) is 11.5 Å². The van der Waals surface area contributed by atoms with Gasteiger partial charge in [0.05, 0.1) is 24.1 Å². The quantitative estimate of drug-likeness (QED) is 0.326. The Morgan fingerprint density at radius 1 is 1.38 bits per heavy atom. The number of nitro groups is 1. The Balaban J connectivity index is 2.45. The molecule has 0 saturated carbocycles. The lowest BCUT2D eigenvalue weighted by Crippen LogP contribution is -2.39. The van der Waals surface area contributed by atoms with Gasteiger partial charge in [0.1, 0.15) is 11.8 Å². The lowest BCUT2D eigenvalue weighted by Gasteiger charge is -2.17. The van der Waals surface area contributed by atoms with Crippen LogP contribution in [-0.2, 0) is 0 Å². The van der Waals surface area contributed by atoms with Crippen molar-refractivity contribution in [3.8, 4) is 0 Å². The predicted octanol–water partition coefficient (Wildman–Crippen LogP) is 1.14. The summed E-state index contributed by atoms with van der Waals surface area (Å²) in [6.45, 7) is 3.17. The van der Waals surface area contributed by atoms with Gasteiger partial charge < -0.3 is 5.21 Å². The monoisotopic (exact) mass is 223 g/mol. The molecule has 0 N–H and O–H groups in total. The second-order valence-electron chi connectivity index (χ2n) is 3.96. The molecular formula is C10H13N3O3. The zero-order valence-corrected chi connectivity index (χ0v) is 9.05. The maximum Gasteiger partial charge on any atom is 0.286 e. The summed E-state index contributed by atoms with van der Waals surface area (Å²) in [5.74, 6) is 0.393. The lowest BCUT2D eigenvalue weighted by molar-refractivity contribution is -0.599. The summed E-state index contributed by atoms with van der Waals surface area (Å²) in [6, 6.07) is 2.65. The number of rotatable bonds is 2. The van der Waals surface area contributed by atoms with Crippen molar-refractivity contribution in [3.63, 3.8) is 0 Å². The van der Waals surface area contributed by atoms with E-state index in [-0.39, 0.29) is 5.69 Å². The molecule has 2 heterocycles. The fourth-order valence-corrected chi connectivity index (χ4v) is 1.96.